The van der Waals surface area contributed by atoms with Crippen molar-refractivity contribution in [1.82, 2.24) is 14.8 Å². The highest BCUT2D eigenvalue weighted by Crippen LogP contribution is 2.15. The average Bonchev–Trinajstić information content (AvgIpc) is 2.64. The largest absolute Gasteiger partial charge is 0.497 e. The Morgan fingerprint density at radius 3 is 2.70 bits per heavy atom. The molecule has 1 aliphatic rings. The highest BCUT2D eigenvalue weighted by molar-refractivity contribution is 6.18. The van der Waals surface area contributed by atoms with Gasteiger partial charge in [0.25, 0.3) is 0 Å². The van der Waals surface area contributed by atoms with Gasteiger partial charge in [0.15, 0.2) is 0 Å². The van der Waals surface area contributed by atoms with E-state index in [1.165, 1.54) is 6.42 Å². The highest BCUT2D eigenvalue weighted by Gasteiger charge is 2.15. The van der Waals surface area contributed by atoms with Crippen LogP contribution in [0, 0.1) is 6.92 Å². The van der Waals surface area contributed by atoms with Crippen LogP contribution in [0.2, 0.25) is 0 Å². The molecule has 2 rings (SSSR count). The lowest BCUT2D eigenvalue weighted by Gasteiger charge is -2.21. The second-order valence-electron chi connectivity index (χ2n) is 5.30. The SMILES string of the molecule is COc1cc(C)nc(CN2CCCN(CCCl)CC2)c1. The summed E-state index contributed by atoms with van der Waals surface area (Å²) in [6.07, 6.45) is 1.19. The molecule has 0 atom stereocenters. The lowest BCUT2D eigenvalue weighted by Crippen LogP contribution is -2.31. The van der Waals surface area contributed by atoms with Crippen molar-refractivity contribution in [3.63, 3.8) is 0 Å². The first-order chi connectivity index (χ1) is 9.71. The Morgan fingerprint density at radius 1 is 1.20 bits per heavy atom. The first-order valence-corrected chi connectivity index (χ1v) is 7.77. The van der Waals surface area contributed by atoms with Crippen molar-refractivity contribution >= 4 is 11.6 Å². The zero-order chi connectivity index (χ0) is 14.4. The van der Waals surface area contributed by atoms with Crippen molar-refractivity contribution in [3.05, 3.63) is 23.5 Å². The monoisotopic (exact) mass is 297 g/mol. The van der Waals surface area contributed by atoms with Gasteiger partial charge in [-0.15, -0.1) is 11.6 Å². The molecule has 20 heavy (non-hydrogen) atoms. The number of pyridine rings is 1. The third-order valence-electron chi connectivity index (χ3n) is 3.68. The van der Waals surface area contributed by atoms with Crippen LogP contribution < -0.4 is 4.74 Å². The Hall–Kier alpha value is -0.840. The Balaban J connectivity index is 1.94. The molecule has 112 valence electrons. The fourth-order valence-corrected chi connectivity index (χ4v) is 2.90. The minimum absolute atomic E-state index is 0.719. The van der Waals surface area contributed by atoms with Crippen molar-refractivity contribution in [3.8, 4) is 5.75 Å². The second kappa shape index (κ2) is 7.81. The molecule has 0 unspecified atom stereocenters. The van der Waals surface area contributed by atoms with E-state index in [1.54, 1.807) is 7.11 Å². The van der Waals surface area contributed by atoms with Crippen molar-refractivity contribution < 1.29 is 4.74 Å². The molecule has 1 aliphatic heterocycles. The van der Waals surface area contributed by atoms with E-state index < -0.39 is 0 Å². The molecule has 1 saturated heterocycles. The van der Waals surface area contributed by atoms with Crippen LogP contribution >= 0.6 is 11.6 Å². The number of alkyl halides is 1. The van der Waals surface area contributed by atoms with Gasteiger partial charge in [0.2, 0.25) is 0 Å². The highest BCUT2D eigenvalue weighted by atomic mass is 35.5. The number of hydrogen-bond acceptors (Lipinski definition) is 4. The van der Waals surface area contributed by atoms with Crippen molar-refractivity contribution in [2.45, 2.75) is 19.9 Å². The van der Waals surface area contributed by atoms with Crippen LogP contribution in [0.3, 0.4) is 0 Å². The molecule has 5 heteroatoms. The predicted molar refractivity (Wildman–Crippen MR) is 82.6 cm³/mol. The van der Waals surface area contributed by atoms with Crippen LogP contribution in [0.5, 0.6) is 5.75 Å². The molecule has 0 amide bonds. The topological polar surface area (TPSA) is 28.6 Å². The Kier molecular flexibility index (Phi) is 6.07. The number of hydrogen-bond donors (Lipinski definition) is 0. The smallest absolute Gasteiger partial charge is 0.122 e. The number of methoxy groups -OCH3 is 1. The van der Waals surface area contributed by atoms with E-state index >= 15 is 0 Å². The minimum Gasteiger partial charge on any atom is -0.497 e. The molecular formula is C15H24ClN3O. The van der Waals surface area contributed by atoms with Gasteiger partial charge in [-0.2, -0.15) is 0 Å². The Bertz CT molecular complexity index is 428. The van der Waals surface area contributed by atoms with Gasteiger partial charge < -0.3 is 9.64 Å². The average molecular weight is 298 g/mol. The first kappa shape index (κ1) is 15.5. The number of ether oxygens (including phenoxy) is 1. The maximum Gasteiger partial charge on any atom is 0.122 e. The fourth-order valence-electron chi connectivity index (χ4n) is 2.66. The lowest BCUT2D eigenvalue weighted by atomic mass is 10.2. The van der Waals surface area contributed by atoms with Gasteiger partial charge in [-0.05, 0) is 26.4 Å². The number of halogens is 1. The molecule has 0 spiro atoms. The van der Waals surface area contributed by atoms with E-state index in [2.05, 4.69) is 14.8 Å². The third kappa shape index (κ3) is 4.62. The summed E-state index contributed by atoms with van der Waals surface area (Å²) < 4.78 is 5.32. The summed E-state index contributed by atoms with van der Waals surface area (Å²) in [5.74, 6) is 1.61. The van der Waals surface area contributed by atoms with E-state index in [1.807, 2.05) is 19.1 Å². The molecule has 2 heterocycles. The molecular weight excluding hydrogens is 274 g/mol. The standard InChI is InChI=1S/C15H24ClN3O/c1-13-10-15(20-2)11-14(17-13)12-19-6-3-5-18(7-4-16)8-9-19/h10-11H,3-9,12H2,1-2H3. The molecule has 1 aromatic heterocycles. The van der Waals surface area contributed by atoms with Crippen molar-refractivity contribution in [2.75, 3.05) is 45.7 Å². The summed E-state index contributed by atoms with van der Waals surface area (Å²) >= 11 is 5.83. The molecule has 4 nitrogen and oxygen atoms in total. The minimum atomic E-state index is 0.719. The number of aryl methyl sites for hydroxylation is 1. The van der Waals surface area contributed by atoms with Crippen LogP contribution in [0.25, 0.3) is 0 Å². The molecule has 0 N–H and O–H groups in total. The van der Waals surface area contributed by atoms with E-state index in [9.17, 15) is 0 Å². The van der Waals surface area contributed by atoms with E-state index in [-0.39, 0.29) is 0 Å². The van der Waals surface area contributed by atoms with Gasteiger partial charge in [0.1, 0.15) is 5.75 Å². The van der Waals surface area contributed by atoms with Crippen LogP contribution in [-0.2, 0) is 6.54 Å². The second-order valence-corrected chi connectivity index (χ2v) is 5.68. The van der Waals surface area contributed by atoms with Gasteiger partial charge in [-0.3, -0.25) is 9.88 Å². The molecule has 1 fully saturated rings. The summed E-state index contributed by atoms with van der Waals surface area (Å²) in [6, 6.07) is 4.00. The maximum absolute atomic E-state index is 5.83. The summed E-state index contributed by atoms with van der Waals surface area (Å²) in [7, 11) is 1.70. The lowest BCUT2D eigenvalue weighted by molar-refractivity contribution is 0.255. The predicted octanol–water partition coefficient (Wildman–Crippen LogP) is 2.15. The van der Waals surface area contributed by atoms with Crippen LogP contribution in [0.15, 0.2) is 12.1 Å². The summed E-state index contributed by atoms with van der Waals surface area (Å²) in [4.78, 5) is 9.51. The van der Waals surface area contributed by atoms with Gasteiger partial charge >= 0.3 is 0 Å². The molecule has 0 radical (unpaired) electrons. The fraction of sp³-hybridized carbons (Fsp3) is 0.667. The van der Waals surface area contributed by atoms with E-state index in [0.717, 1.165) is 62.3 Å². The molecule has 0 bridgehead atoms. The normalized spacial score (nSPS) is 17.9. The molecule has 0 aromatic carbocycles. The summed E-state index contributed by atoms with van der Waals surface area (Å²) in [5.41, 5.74) is 2.10. The molecule has 0 aliphatic carbocycles. The summed E-state index contributed by atoms with van der Waals surface area (Å²) in [6.45, 7) is 8.34. The van der Waals surface area contributed by atoms with Crippen molar-refractivity contribution in [1.29, 1.82) is 0 Å². The number of rotatable bonds is 5. The molecule has 1 aromatic rings. The van der Waals surface area contributed by atoms with E-state index in [4.69, 9.17) is 16.3 Å². The number of aromatic nitrogens is 1. The number of nitrogens with zero attached hydrogens (tertiary/aromatic N) is 3. The Morgan fingerprint density at radius 2 is 1.95 bits per heavy atom. The maximum atomic E-state index is 5.83. The van der Waals surface area contributed by atoms with Gasteiger partial charge in [0, 0.05) is 49.9 Å². The summed E-state index contributed by atoms with van der Waals surface area (Å²) in [5, 5.41) is 0. The Labute approximate surface area is 126 Å². The third-order valence-corrected chi connectivity index (χ3v) is 3.85. The zero-order valence-corrected chi connectivity index (χ0v) is 13.2. The first-order valence-electron chi connectivity index (χ1n) is 7.23. The molecule has 0 saturated carbocycles. The van der Waals surface area contributed by atoms with Gasteiger partial charge in [-0.25, -0.2) is 0 Å². The van der Waals surface area contributed by atoms with E-state index in [0.29, 0.717) is 0 Å². The van der Waals surface area contributed by atoms with Gasteiger partial charge in [0.05, 0.1) is 12.8 Å². The quantitative estimate of drug-likeness (QED) is 0.779. The van der Waals surface area contributed by atoms with Crippen molar-refractivity contribution in [2.24, 2.45) is 0 Å². The zero-order valence-electron chi connectivity index (χ0n) is 12.4. The van der Waals surface area contributed by atoms with Crippen LogP contribution in [-0.4, -0.2) is 60.5 Å². The van der Waals surface area contributed by atoms with Crippen LogP contribution in [0.1, 0.15) is 17.8 Å². The van der Waals surface area contributed by atoms with Crippen LogP contribution in [0.4, 0.5) is 0 Å². The van der Waals surface area contributed by atoms with Gasteiger partial charge in [-0.1, -0.05) is 0 Å².